The van der Waals surface area contributed by atoms with Gasteiger partial charge in [-0.1, -0.05) is 28.2 Å². The molecule has 96 valence electrons. The molecule has 0 aliphatic heterocycles. The number of aromatic nitrogens is 5. The lowest BCUT2D eigenvalue weighted by Gasteiger charge is -2.05. The number of nitrogens with two attached hydrogens (primary N) is 1. The van der Waals surface area contributed by atoms with Crippen LogP contribution >= 0.6 is 11.8 Å². The molecule has 2 heterocycles. The van der Waals surface area contributed by atoms with Crippen LogP contribution in [0.5, 0.6) is 0 Å². The second-order valence-corrected chi connectivity index (χ2v) is 4.53. The largest absolute Gasteiger partial charge is 0.324 e. The Morgan fingerprint density at radius 1 is 1.44 bits per heavy atom. The number of rotatable bonds is 6. The van der Waals surface area contributed by atoms with Gasteiger partial charge in [-0.25, -0.2) is 4.63 Å². The highest BCUT2D eigenvalue weighted by Crippen LogP contribution is 2.22. The van der Waals surface area contributed by atoms with E-state index >= 15 is 0 Å². The maximum atomic E-state index is 5.60. The molecule has 0 unspecified atom stereocenters. The molecule has 2 rings (SSSR count). The van der Waals surface area contributed by atoms with Gasteiger partial charge in [0.05, 0.1) is 6.54 Å². The predicted molar refractivity (Wildman–Crippen MR) is 66.7 cm³/mol. The van der Waals surface area contributed by atoms with E-state index in [0.717, 1.165) is 22.4 Å². The minimum atomic E-state index is 0.353. The number of thioether (sulfide) groups is 1. The van der Waals surface area contributed by atoms with Crippen LogP contribution in [-0.4, -0.2) is 25.1 Å². The van der Waals surface area contributed by atoms with E-state index in [2.05, 4.69) is 31.7 Å². The van der Waals surface area contributed by atoms with Crippen LogP contribution in [0.25, 0.3) is 0 Å². The standard InChI is InChI=1S/C10H14N6OS/c1-3-4-16-9(5-11)12-13-10(16)18-6-8-7(2)14-17-15-8/h3H,1,4-6,11H2,2H3. The monoisotopic (exact) mass is 266 g/mol. The maximum Gasteiger partial charge on any atom is 0.191 e. The molecule has 0 radical (unpaired) electrons. The predicted octanol–water partition coefficient (Wildman–Crippen LogP) is 0.907. The van der Waals surface area contributed by atoms with Gasteiger partial charge in [0.25, 0.3) is 0 Å². The summed E-state index contributed by atoms with van der Waals surface area (Å²) in [4.78, 5) is 0. The van der Waals surface area contributed by atoms with Crippen LogP contribution in [0, 0.1) is 6.92 Å². The average Bonchev–Trinajstić information content (AvgIpc) is 2.94. The summed E-state index contributed by atoms with van der Waals surface area (Å²) in [5.74, 6) is 1.38. The highest BCUT2D eigenvalue weighted by Gasteiger charge is 2.12. The van der Waals surface area contributed by atoms with Crippen molar-refractivity contribution < 1.29 is 4.63 Å². The number of hydrogen-bond acceptors (Lipinski definition) is 7. The van der Waals surface area contributed by atoms with Gasteiger partial charge in [0, 0.05) is 12.3 Å². The molecule has 2 aromatic rings. The van der Waals surface area contributed by atoms with E-state index in [0.29, 0.717) is 18.8 Å². The summed E-state index contributed by atoms with van der Waals surface area (Å²) in [5.41, 5.74) is 7.20. The number of allylic oxidation sites excluding steroid dienone is 1. The van der Waals surface area contributed by atoms with Crippen molar-refractivity contribution in [1.29, 1.82) is 0 Å². The van der Waals surface area contributed by atoms with Gasteiger partial charge in [-0.15, -0.1) is 16.8 Å². The normalized spacial score (nSPS) is 10.8. The van der Waals surface area contributed by atoms with E-state index in [1.54, 1.807) is 6.08 Å². The molecule has 8 heteroatoms. The maximum absolute atomic E-state index is 5.60. The van der Waals surface area contributed by atoms with Crippen LogP contribution in [0.1, 0.15) is 17.2 Å². The van der Waals surface area contributed by atoms with Gasteiger partial charge in [0.2, 0.25) is 0 Å². The van der Waals surface area contributed by atoms with Gasteiger partial charge in [-0.3, -0.25) is 0 Å². The second kappa shape index (κ2) is 5.78. The molecular formula is C10H14N6OS. The third kappa shape index (κ3) is 2.59. The van der Waals surface area contributed by atoms with Crippen molar-refractivity contribution in [3.8, 4) is 0 Å². The topological polar surface area (TPSA) is 95.7 Å². The zero-order valence-corrected chi connectivity index (χ0v) is 10.9. The molecule has 0 bridgehead atoms. The van der Waals surface area contributed by atoms with Gasteiger partial charge in [-0.05, 0) is 6.92 Å². The number of aryl methyl sites for hydroxylation is 1. The molecule has 0 aliphatic rings. The fourth-order valence-corrected chi connectivity index (χ4v) is 2.36. The van der Waals surface area contributed by atoms with Gasteiger partial charge >= 0.3 is 0 Å². The SMILES string of the molecule is C=CCn1c(CN)nnc1SCc1nonc1C. The van der Waals surface area contributed by atoms with E-state index in [-0.39, 0.29) is 0 Å². The van der Waals surface area contributed by atoms with Crippen LogP contribution in [0.4, 0.5) is 0 Å². The Bertz CT molecular complexity index is 534. The highest BCUT2D eigenvalue weighted by atomic mass is 32.2. The van der Waals surface area contributed by atoms with E-state index in [1.807, 2.05) is 11.5 Å². The number of nitrogens with zero attached hydrogens (tertiary/aromatic N) is 5. The van der Waals surface area contributed by atoms with Crippen molar-refractivity contribution in [3.63, 3.8) is 0 Å². The third-order valence-corrected chi connectivity index (χ3v) is 3.35. The molecule has 0 atom stereocenters. The highest BCUT2D eigenvalue weighted by molar-refractivity contribution is 7.98. The quantitative estimate of drug-likeness (QED) is 0.613. The molecule has 0 amide bonds. The van der Waals surface area contributed by atoms with Gasteiger partial charge in [0.1, 0.15) is 17.2 Å². The Hall–Kier alpha value is -1.67. The first-order valence-corrected chi connectivity index (χ1v) is 6.38. The lowest BCUT2D eigenvalue weighted by molar-refractivity contribution is 0.302. The Morgan fingerprint density at radius 2 is 2.28 bits per heavy atom. The minimum Gasteiger partial charge on any atom is -0.324 e. The molecule has 0 fully saturated rings. The summed E-state index contributed by atoms with van der Waals surface area (Å²) in [6, 6.07) is 0. The van der Waals surface area contributed by atoms with Gasteiger partial charge < -0.3 is 10.3 Å². The molecule has 0 saturated carbocycles. The number of hydrogen-bond donors (Lipinski definition) is 1. The summed E-state index contributed by atoms with van der Waals surface area (Å²) in [6.07, 6.45) is 1.79. The fraction of sp³-hybridized carbons (Fsp3) is 0.400. The van der Waals surface area contributed by atoms with E-state index in [4.69, 9.17) is 5.73 Å². The molecule has 0 saturated heterocycles. The summed E-state index contributed by atoms with van der Waals surface area (Å²) in [5, 5.41) is 16.5. The second-order valence-electron chi connectivity index (χ2n) is 3.59. The minimum absolute atomic E-state index is 0.353. The Balaban J connectivity index is 2.11. The third-order valence-electron chi connectivity index (χ3n) is 2.37. The van der Waals surface area contributed by atoms with Crippen molar-refractivity contribution in [2.24, 2.45) is 5.73 Å². The molecule has 2 N–H and O–H groups in total. The smallest absolute Gasteiger partial charge is 0.191 e. The lowest BCUT2D eigenvalue weighted by Crippen LogP contribution is -2.08. The van der Waals surface area contributed by atoms with Crippen LogP contribution in [0.15, 0.2) is 22.4 Å². The molecule has 0 spiro atoms. The Labute approximate surface area is 108 Å². The van der Waals surface area contributed by atoms with Crippen molar-refractivity contribution in [3.05, 3.63) is 29.9 Å². The Kier molecular flexibility index (Phi) is 4.11. The summed E-state index contributed by atoms with van der Waals surface area (Å²) < 4.78 is 6.58. The molecular weight excluding hydrogens is 252 g/mol. The van der Waals surface area contributed by atoms with Gasteiger partial charge in [-0.2, -0.15) is 0 Å². The summed E-state index contributed by atoms with van der Waals surface area (Å²) in [7, 11) is 0. The van der Waals surface area contributed by atoms with E-state index in [9.17, 15) is 0 Å². The van der Waals surface area contributed by atoms with Crippen molar-refractivity contribution in [2.75, 3.05) is 0 Å². The van der Waals surface area contributed by atoms with Crippen LogP contribution in [-0.2, 0) is 18.8 Å². The van der Waals surface area contributed by atoms with E-state index < -0.39 is 0 Å². The lowest BCUT2D eigenvalue weighted by atomic mass is 10.4. The van der Waals surface area contributed by atoms with Crippen LogP contribution in [0.2, 0.25) is 0 Å². The molecule has 7 nitrogen and oxygen atoms in total. The molecule has 0 aliphatic carbocycles. The van der Waals surface area contributed by atoms with Crippen molar-refractivity contribution >= 4 is 11.8 Å². The fourth-order valence-electron chi connectivity index (χ4n) is 1.40. The first-order valence-electron chi connectivity index (χ1n) is 5.40. The first kappa shape index (κ1) is 12.8. The van der Waals surface area contributed by atoms with Crippen LogP contribution < -0.4 is 5.73 Å². The average molecular weight is 266 g/mol. The first-order chi connectivity index (χ1) is 8.76. The summed E-state index contributed by atoms with van der Waals surface area (Å²) >= 11 is 1.52. The zero-order chi connectivity index (χ0) is 13.0. The Morgan fingerprint density at radius 3 is 2.89 bits per heavy atom. The zero-order valence-electron chi connectivity index (χ0n) is 10.0. The van der Waals surface area contributed by atoms with Crippen LogP contribution in [0.3, 0.4) is 0 Å². The summed E-state index contributed by atoms with van der Waals surface area (Å²) in [6.45, 7) is 6.56. The molecule has 18 heavy (non-hydrogen) atoms. The van der Waals surface area contributed by atoms with Crippen molar-refractivity contribution in [1.82, 2.24) is 25.1 Å². The molecule has 2 aromatic heterocycles. The molecule has 0 aromatic carbocycles. The van der Waals surface area contributed by atoms with Crippen molar-refractivity contribution in [2.45, 2.75) is 30.9 Å². The van der Waals surface area contributed by atoms with E-state index in [1.165, 1.54) is 11.8 Å². The van der Waals surface area contributed by atoms with Gasteiger partial charge in [0.15, 0.2) is 5.16 Å².